The van der Waals surface area contributed by atoms with E-state index in [1.54, 1.807) is 13.2 Å². The number of ether oxygens (including phenoxy) is 1. The highest BCUT2D eigenvalue weighted by Gasteiger charge is 2.33. The van der Waals surface area contributed by atoms with E-state index in [1.807, 2.05) is 11.9 Å². The number of aromatic nitrogens is 1. The molecule has 0 spiro atoms. The van der Waals surface area contributed by atoms with Crippen molar-refractivity contribution in [3.05, 3.63) is 11.8 Å². The zero-order valence-electron chi connectivity index (χ0n) is 14.9. The molecule has 24 heavy (non-hydrogen) atoms. The second kappa shape index (κ2) is 8.01. The number of carbonyl (C=O) groups is 1. The van der Waals surface area contributed by atoms with Gasteiger partial charge in [-0.05, 0) is 49.8 Å². The topological polar surface area (TPSA) is 58.8 Å². The van der Waals surface area contributed by atoms with E-state index in [0.717, 1.165) is 6.54 Å². The molecule has 1 aromatic rings. The largest absolute Gasteiger partial charge is 0.479 e. The van der Waals surface area contributed by atoms with Gasteiger partial charge in [0.1, 0.15) is 5.76 Å². The summed E-state index contributed by atoms with van der Waals surface area (Å²) >= 11 is 0. The van der Waals surface area contributed by atoms with Crippen molar-refractivity contribution in [2.75, 3.05) is 33.8 Å². The van der Waals surface area contributed by atoms with E-state index in [9.17, 15) is 4.79 Å². The first-order valence-corrected chi connectivity index (χ1v) is 9.15. The molecule has 2 saturated heterocycles. The van der Waals surface area contributed by atoms with Gasteiger partial charge in [0.15, 0.2) is 0 Å². The molecule has 1 amide bonds. The molecule has 6 heteroatoms. The summed E-state index contributed by atoms with van der Waals surface area (Å²) in [6, 6.07) is 2.43. The molecule has 1 aromatic heterocycles. The zero-order valence-corrected chi connectivity index (χ0v) is 14.9. The van der Waals surface area contributed by atoms with Crippen molar-refractivity contribution in [2.45, 2.75) is 51.0 Å². The van der Waals surface area contributed by atoms with Gasteiger partial charge in [0, 0.05) is 38.5 Å². The molecule has 3 rings (SSSR count). The molecule has 3 heterocycles. The highest BCUT2D eigenvalue weighted by Crippen LogP contribution is 2.31. The smallest absolute Gasteiger partial charge is 0.254 e. The van der Waals surface area contributed by atoms with Gasteiger partial charge in [-0.25, -0.2) is 0 Å². The molecule has 6 nitrogen and oxygen atoms in total. The molecule has 0 saturated carbocycles. The van der Waals surface area contributed by atoms with Crippen LogP contribution in [0, 0.1) is 5.92 Å². The maximum Gasteiger partial charge on any atom is 0.254 e. The van der Waals surface area contributed by atoms with E-state index in [4.69, 9.17) is 9.26 Å². The van der Waals surface area contributed by atoms with E-state index in [2.05, 4.69) is 10.1 Å². The van der Waals surface area contributed by atoms with Gasteiger partial charge < -0.3 is 19.1 Å². The lowest BCUT2D eigenvalue weighted by Gasteiger charge is -2.45. The van der Waals surface area contributed by atoms with Gasteiger partial charge in [-0.1, -0.05) is 6.42 Å². The molecule has 0 unspecified atom stereocenters. The maximum atomic E-state index is 12.4. The third-order valence-corrected chi connectivity index (χ3v) is 5.49. The number of carbonyl (C=O) groups excluding carboxylic acids is 1. The lowest BCUT2D eigenvalue weighted by Crippen LogP contribution is -2.51. The standard InChI is InChI=1S/C18H29N3O3/c1-20(18(22)9-8-15-12-17(23-2)19-24-15)13-14-6-5-11-21-10-4-3-7-16(14)21/h12,14,16H,3-11,13H2,1-2H3/t14-,16+/m0/s1. The summed E-state index contributed by atoms with van der Waals surface area (Å²) in [7, 11) is 3.49. The van der Waals surface area contributed by atoms with Gasteiger partial charge >= 0.3 is 0 Å². The van der Waals surface area contributed by atoms with E-state index < -0.39 is 0 Å². The third kappa shape index (κ3) is 4.09. The van der Waals surface area contributed by atoms with Crippen molar-refractivity contribution in [3.8, 4) is 5.88 Å². The SMILES string of the molecule is COc1cc(CCC(=O)N(C)C[C@@H]2CCCN3CCCC[C@H]23)on1. The molecule has 2 fully saturated rings. The second-order valence-electron chi connectivity index (χ2n) is 7.11. The normalized spacial score (nSPS) is 24.4. The molecule has 0 N–H and O–H groups in total. The number of nitrogens with zero attached hydrogens (tertiary/aromatic N) is 3. The van der Waals surface area contributed by atoms with E-state index in [0.29, 0.717) is 36.4 Å². The first-order chi connectivity index (χ1) is 11.7. The van der Waals surface area contributed by atoms with Gasteiger partial charge in [-0.3, -0.25) is 4.79 Å². The van der Waals surface area contributed by atoms with Crippen molar-refractivity contribution in [2.24, 2.45) is 5.92 Å². The van der Waals surface area contributed by atoms with Gasteiger partial charge in [0.05, 0.1) is 7.11 Å². The fraction of sp³-hybridized carbons (Fsp3) is 0.778. The average molecular weight is 335 g/mol. The minimum atomic E-state index is 0.179. The van der Waals surface area contributed by atoms with Gasteiger partial charge in [0.25, 0.3) is 5.88 Å². The predicted octanol–water partition coefficient (Wildman–Crippen LogP) is 2.34. The fourth-order valence-electron chi connectivity index (χ4n) is 4.17. The highest BCUT2D eigenvalue weighted by molar-refractivity contribution is 5.76. The number of hydrogen-bond acceptors (Lipinski definition) is 5. The second-order valence-corrected chi connectivity index (χ2v) is 7.11. The Bertz CT molecular complexity index is 543. The Labute approximate surface area is 144 Å². The van der Waals surface area contributed by atoms with Gasteiger partial charge in [-0.15, -0.1) is 0 Å². The number of piperidine rings is 2. The van der Waals surface area contributed by atoms with Crippen LogP contribution in [0.4, 0.5) is 0 Å². The molecule has 2 aliphatic rings. The van der Waals surface area contributed by atoms with Crippen LogP contribution in [0.1, 0.15) is 44.3 Å². The Morgan fingerprint density at radius 1 is 1.38 bits per heavy atom. The Morgan fingerprint density at radius 2 is 2.21 bits per heavy atom. The summed E-state index contributed by atoms with van der Waals surface area (Å²) < 4.78 is 10.1. The van der Waals surface area contributed by atoms with Crippen LogP contribution < -0.4 is 4.74 Å². The number of hydrogen-bond donors (Lipinski definition) is 0. The molecule has 2 atom stereocenters. The van der Waals surface area contributed by atoms with E-state index >= 15 is 0 Å². The van der Waals surface area contributed by atoms with Crippen LogP contribution in [-0.4, -0.2) is 60.7 Å². The Morgan fingerprint density at radius 3 is 3.00 bits per heavy atom. The first-order valence-electron chi connectivity index (χ1n) is 9.15. The zero-order chi connectivity index (χ0) is 16.9. The highest BCUT2D eigenvalue weighted by atomic mass is 16.5. The Hall–Kier alpha value is -1.56. The number of rotatable bonds is 6. The molecular weight excluding hydrogens is 306 g/mol. The van der Waals surface area contributed by atoms with Crippen molar-refractivity contribution in [3.63, 3.8) is 0 Å². The summed E-state index contributed by atoms with van der Waals surface area (Å²) in [5.41, 5.74) is 0. The molecule has 2 aliphatic heterocycles. The van der Waals surface area contributed by atoms with Crippen LogP contribution in [0.5, 0.6) is 5.88 Å². The predicted molar refractivity (Wildman–Crippen MR) is 90.9 cm³/mol. The van der Waals surface area contributed by atoms with Crippen LogP contribution in [0.2, 0.25) is 0 Å². The summed E-state index contributed by atoms with van der Waals surface area (Å²) in [5.74, 6) is 1.96. The summed E-state index contributed by atoms with van der Waals surface area (Å²) in [6.45, 7) is 3.36. The van der Waals surface area contributed by atoms with Crippen LogP contribution >= 0.6 is 0 Å². The van der Waals surface area contributed by atoms with Crippen molar-refractivity contribution in [1.82, 2.24) is 15.0 Å². The van der Waals surface area contributed by atoms with Crippen LogP contribution in [0.15, 0.2) is 10.6 Å². The van der Waals surface area contributed by atoms with Gasteiger partial charge in [0.2, 0.25) is 5.91 Å². The number of fused-ring (bicyclic) bond motifs is 1. The van der Waals surface area contributed by atoms with Crippen LogP contribution in [0.25, 0.3) is 0 Å². The van der Waals surface area contributed by atoms with Crippen LogP contribution in [0.3, 0.4) is 0 Å². The number of aryl methyl sites for hydroxylation is 1. The maximum absolute atomic E-state index is 12.4. The first kappa shape index (κ1) is 17.3. The van der Waals surface area contributed by atoms with Crippen molar-refractivity contribution < 1.29 is 14.1 Å². The minimum Gasteiger partial charge on any atom is -0.479 e. The minimum absolute atomic E-state index is 0.179. The summed E-state index contributed by atoms with van der Waals surface area (Å²) in [6.07, 6.45) is 7.50. The molecule has 0 aliphatic carbocycles. The summed E-state index contributed by atoms with van der Waals surface area (Å²) in [4.78, 5) is 17.0. The quantitative estimate of drug-likeness (QED) is 0.798. The third-order valence-electron chi connectivity index (χ3n) is 5.49. The Kier molecular flexibility index (Phi) is 5.76. The number of amides is 1. The number of methoxy groups -OCH3 is 1. The van der Waals surface area contributed by atoms with Crippen LogP contribution in [-0.2, 0) is 11.2 Å². The molecular formula is C18H29N3O3. The van der Waals surface area contributed by atoms with Crippen molar-refractivity contribution >= 4 is 5.91 Å². The summed E-state index contributed by atoms with van der Waals surface area (Å²) in [5, 5.41) is 3.77. The lowest BCUT2D eigenvalue weighted by molar-refractivity contribution is -0.131. The Balaban J connectivity index is 1.48. The molecule has 134 valence electrons. The molecule has 0 radical (unpaired) electrons. The van der Waals surface area contributed by atoms with E-state index in [1.165, 1.54) is 45.2 Å². The van der Waals surface area contributed by atoms with Gasteiger partial charge in [-0.2, -0.15) is 0 Å². The molecule has 0 aromatic carbocycles. The average Bonchev–Trinajstić information content (AvgIpc) is 3.08. The van der Waals surface area contributed by atoms with Crippen molar-refractivity contribution in [1.29, 1.82) is 0 Å². The fourth-order valence-corrected chi connectivity index (χ4v) is 4.17. The van der Waals surface area contributed by atoms with E-state index in [-0.39, 0.29) is 5.91 Å². The lowest BCUT2D eigenvalue weighted by atomic mass is 9.83. The molecule has 0 bridgehead atoms. The monoisotopic (exact) mass is 335 g/mol.